The van der Waals surface area contributed by atoms with Gasteiger partial charge < -0.3 is 4.18 Å². The third-order valence-electron chi connectivity index (χ3n) is 2.53. The molecule has 1 N–H and O–H groups in total. The highest BCUT2D eigenvalue weighted by molar-refractivity contribution is 14.1. The van der Waals surface area contributed by atoms with Gasteiger partial charge in [0.2, 0.25) is 0 Å². The molecule has 0 radical (unpaired) electrons. The van der Waals surface area contributed by atoms with Crippen molar-refractivity contribution in [1.29, 1.82) is 0 Å². The quantitative estimate of drug-likeness (QED) is 0.204. The molecule has 0 aliphatic heterocycles. The van der Waals surface area contributed by atoms with E-state index < -0.39 is 42.4 Å². The van der Waals surface area contributed by atoms with Gasteiger partial charge in [0, 0.05) is 3.57 Å². The van der Waals surface area contributed by atoms with E-state index in [9.17, 15) is 43.2 Å². The highest BCUT2D eigenvalue weighted by Gasteiger charge is 2.83. The Morgan fingerprint density at radius 2 is 1.23 bits per heavy atom. The summed E-state index contributed by atoms with van der Waals surface area (Å²) in [5.41, 5.74) is 0. The fraction of sp³-hybridized carbons (Fsp3) is 0.333. The van der Waals surface area contributed by atoms with Crippen LogP contribution in [0, 0.1) is 10.7 Å². The van der Waals surface area contributed by atoms with Crippen LogP contribution in [0.1, 0.15) is 0 Å². The molecule has 0 saturated carbocycles. The number of halogens is 9. The number of benzene rings is 1. The molecule has 0 saturated heterocycles. The zero-order chi connectivity index (χ0) is 20.9. The van der Waals surface area contributed by atoms with Gasteiger partial charge in [-0.2, -0.15) is 43.2 Å². The van der Waals surface area contributed by atoms with Gasteiger partial charge in [-0.3, -0.25) is 4.55 Å². The van der Waals surface area contributed by atoms with Gasteiger partial charge in [-0.1, -0.05) is 0 Å². The molecule has 0 spiro atoms. The summed E-state index contributed by atoms with van der Waals surface area (Å²) in [5.74, 6) is -7.90. The van der Waals surface area contributed by atoms with Crippen LogP contribution in [0.5, 0.6) is 5.75 Å². The van der Waals surface area contributed by atoms with E-state index in [1.54, 1.807) is 22.6 Å². The first-order valence-electron chi connectivity index (χ1n) is 5.48. The molecule has 26 heavy (non-hydrogen) atoms. The molecule has 0 bridgehead atoms. The van der Waals surface area contributed by atoms with E-state index in [0.717, 1.165) is 0 Å². The molecular weight excluding hydrogens is 763 g/mol. The fourth-order valence-corrected chi connectivity index (χ4v) is 6.82. The Labute approximate surface area is 183 Å². The summed E-state index contributed by atoms with van der Waals surface area (Å²) in [7, 11) is -13.9. The third kappa shape index (κ3) is 4.15. The van der Waals surface area contributed by atoms with Crippen LogP contribution in [-0.2, 0) is 20.2 Å². The Hall–Kier alpha value is 0.650. The highest BCUT2D eigenvalue weighted by atomic mass is 127. The minimum atomic E-state index is -7.09. The SMILES string of the molecule is O=S(=O)(O)C(F)(F)C(F)(F)C(F)(F)S(=O)(=O)Oc1c(I)cc(I)cc1I. The Balaban J connectivity index is 3.52. The minimum Gasteiger partial charge on any atom is -0.376 e. The van der Waals surface area contributed by atoms with Crippen LogP contribution in [0.2, 0.25) is 0 Å². The van der Waals surface area contributed by atoms with Crippen LogP contribution < -0.4 is 4.18 Å². The predicted molar refractivity (Wildman–Crippen MR) is 101 cm³/mol. The second-order valence-electron chi connectivity index (χ2n) is 4.32. The van der Waals surface area contributed by atoms with E-state index >= 15 is 0 Å². The van der Waals surface area contributed by atoms with Crippen molar-refractivity contribution in [3.05, 3.63) is 22.8 Å². The normalized spacial score (nSPS) is 14.4. The molecule has 0 aromatic heterocycles. The summed E-state index contributed by atoms with van der Waals surface area (Å²) in [6, 6.07) is 2.41. The predicted octanol–water partition coefficient (Wildman–Crippen LogP) is 3.92. The van der Waals surface area contributed by atoms with Crippen molar-refractivity contribution in [1.82, 2.24) is 0 Å². The summed E-state index contributed by atoms with van der Waals surface area (Å²) in [6.45, 7) is 0. The standard InChI is InChI=1S/C9H3F6I3O6S2/c10-7(11,8(12,13)25(19,20)21)9(14,15)26(22,23)24-6-4(17)1-3(16)2-5(6)18/h1-2H,(H,19,20,21). The van der Waals surface area contributed by atoms with Crippen LogP contribution in [-0.4, -0.2) is 37.8 Å². The first-order chi connectivity index (χ1) is 11.3. The number of hydrogen-bond donors (Lipinski definition) is 1. The van der Waals surface area contributed by atoms with Gasteiger partial charge in [0.25, 0.3) is 0 Å². The van der Waals surface area contributed by atoms with Crippen LogP contribution in [0.25, 0.3) is 0 Å². The molecular formula is C9H3F6I3O6S2. The summed E-state index contributed by atoms with van der Waals surface area (Å²) in [4.78, 5) is 0. The van der Waals surface area contributed by atoms with Gasteiger partial charge in [-0.15, -0.1) is 0 Å². The van der Waals surface area contributed by atoms with Crippen molar-refractivity contribution in [2.24, 2.45) is 0 Å². The summed E-state index contributed by atoms with van der Waals surface area (Å²) in [6.07, 6.45) is 0. The highest BCUT2D eigenvalue weighted by Crippen LogP contribution is 2.51. The Bertz CT molecular complexity index is 910. The van der Waals surface area contributed by atoms with E-state index in [2.05, 4.69) is 4.18 Å². The van der Waals surface area contributed by atoms with Crippen molar-refractivity contribution in [2.75, 3.05) is 0 Å². The molecule has 17 heteroatoms. The lowest BCUT2D eigenvalue weighted by Gasteiger charge is -2.29. The first kappa shape index (κ1) is 24.7. The molecule has 0 aliphatic carbocycles. The number of alkyl halides is 6. The molecule has 6 nitrogen and oxygen atoms in total. The molecule has 0 amide bonds. The second-order valence-corrected chi connectivity index (χ2v) is 10.9. The maximum Gasteiger partial charge on any atom is 0.450 e. The molecule has 1 aromatic rings. The van der Waals surface area contributed by atoms with Crippen molar-refractivity contribution in [3.8, 4) is 5.75 Å². The van der Waals surface area contributed by atoms with Crippen LogP contribution >= 0.6 is 67.8 Å². The molecule has 0 atom stereocenters. The lowest BCUT2D eigenvalue weighted by Crippen LogP contribution is -2.61. The first-order valence-corrected chi connectivity index (χ1v) is 11.6. The minimum absolute atomic E-state index is 0.136. The van der Waals surface area contributed by atoms with E-state index in [-0.39, 0.29) is 7.14 Å². The van der Waals surface area contributed by atoms with Crippen molar-refractivity contribution < 1.29 is 51.9 Å². The van der Waals surface area contributed by atoms with Gasteiger partial charge in [-0.05, 0) is 79.9 Å². The maximum atomic E-state index is 13.7. The van der Waals surface area contributed by atoms with Crippen LogP contribution in [0.4, 0.5) is 26.3 Å². The lowest BCUT2D eigenvalue weighted by atomic mass is 10.3. The molecule has 0 fully saturated rings. The fourth-order valence-electron chi connectivity index (χ4n) is 1.26. The van der Waals surface area contributed by atoms with Gasteiger partial charge in [0.05, 0.1) is 7.14 Å². The Morgan fingerprint density at radius 1 is 0.846 bits per heavy atom. The summed E-state index contributed by atoms with van der Waals surface area (Å²) in [5, 5.41) is -13.5. The lowest BCUT2D eigenvalue weighted by molar-refractivity contribution is -0.247. The molecule has 150 valence electrons. The van der Waals surface area contributed by atoms with Gasteiger partial charge in [-0.25, -0.2) is 0 Å². The summed E-state index contributed by atoms with van der Waals surface area (Å²) >= 11 is 4.59. The third-order valence-corrected chi connectivity index (χ3v) is 6.93. The average Bonchev–Trinajstić information content (AvgIpc) is 2.40. The van der Waals surface area contributed by atoms with E-state index in [1.807, 2.05) is 0 Å². The van der Waals surface area contributed by atoms with Gasteiger partial charge in [0.1, 0.15) is 0 Å². The Morgan fingerprint density at radius 3 is 1.58 bits per heavy atom. The monoisotopic (exact) mass is 766 g/mol. The van der Waals surface area contributed by atoms with Crippen molar-refractivity contribution in [3.63, 3.8) is 0 Å². The number of hydrogen-bond acceptors (Lipinski definition) is 5. The molecule has 1 aromatic carbocycles. The van der Waals surface area contributed by atoms with E-state index in [0.29, 0.717) is 3.57 Å². The zero-order valence-corrected chi connectivity index (χ0v) is 19.5. The summed E-state index contributed by atoms with van der Waals surface area (Å²) < 4.78 is 136. The van der Waals surface area contributed by atoms with E-state index in [4.69, 9.17) is 4.55 Å². The molecule has 0 unspecified atom stereocenters. The number of rotatable bonds is 6. The molecule has 0 aliphatic rings. The van der Waals surface area contributed by atoms with Crippen molar-refractivity contribution >= 4 is 88.0 Å². The van der Waals surface area contributed by atoms with Gasteiger partial charge in [0.15, 0.2) is 5.75 Å². The van der Waals surface area contributed by atoms with Gasteiger partial charge >= 0.3 is 36.7 Å². The maximum absolute atomic E-state index is 13.7. The van der Waals surface area contributed by atoms with Crippen molar-refractivity contribution in [2.45, 2.75) is 16.4 Å². The van der Waals surface area contributed by atoms with Crippen LogP contribution in [0.3, 0.4) is 0 Å². The van der Waals surface area contributed by atoms with E-state index in [1.165, 1.54) is 57.3 Å². The average molecular weight is 766 g/mol. The second kappa shape index (κ2) is 7.48. The Kier molecular flexibility index (Phi) is 7.10. The zero-order valence-electron chi connectivity index (χ0n) is 11.4. The van der Waals surface area contributed by atoms with Crippen LogP contribution in [0.15, 0.2) is 12.1 Å². The molecule has 0 heterocycles. The smallest absolute Gasteiger partial charge is 0.376 e. The largest absolute Gasteiger partial charge is 0.450 e. The molecule has 1 rings (SSSR count). The topological polar surface area (TPSA) is 97.7 Å².